The van der Waals surface area contributed by atoms with E-state index >= 15 is 0 Å². The van der Waals surface area contributed by atoms with Crippen molar-refractivity contribution in [1.29, 1.82) is 0 Å². The van der Waals surface area contributed by atoms with Gasteiger partial charge in [-0.25, -0.2) is 0 Å². The van der Waals surface area contributed by atoms with Gasteiger partial charge in [-0.15, -0.1) is 0 Å². The van der Waals surface area contributed by atoms with Gasteiger partial charge >= 0.3 is 6.01 Å². The zero-order chi connectivity index (χ0) is 19.7. The first-order valence-electron chi connectivity index (χ1n) is 8.61. The minimum Gasteiger partial charge on any atom is -0.464 e. The molecule has 3 amide bonds. The van der Waals surface area contributed by atoms with Crippen LogP contribution < -0.4 is 10.1 Å². The first kappa shape index (κ1) is 18.5. The van der Waals surface area contributed by atoms with E-state index in [0.29, 0.717) is 34.8 Å². The Morgan fingerprint density at radius 2 is 1.63 bits per heavy atom. The SMILES string of the molecule is CCOc1nc(C)c(NC(=O)C(C)N2C(=O)c3ccccc3C2=O)c(C)n1. The lowest BCUT2D eigenvalue weighted by atomic mass is 10.1. The average molecular weight is 368 g/mol. The highest BCUT2D eigenvalue weighted by Crippen LogP contribution is 2.26. The maximum absolute atomic E-state index is 12.7. The maximum Gasteiger partial charge on any atom is 0.316 e. The fourth-order valence-corrected chi connectivity index (χ4v) is 2.96. The van der Waals surface area contributed by atoms with Crippen molar-refractivity contribution >= 4 is 23.4 Å². The first-order valence-corrected chi connectivity index (χ1v) is 8.61. The van der Waals surface area contributed by atoms with Gasteiger partial charge in [-0.2, -0.15) is 9.97 Å². The number of fused-ring (bicyclic) bond motifs is 1. The van der Waals surface area contributed by atoms with E-state index in [0.717, 1.165) is 4.90 Å². The Hall–Kier alpha value is -3.29. The molecule has 140 valence electrons. The molecule has 1 N–H and O–H groups in total. The highest BCUT2D eigenvalue weighted by molar-refractivity contribution is 6.23. The Labute approximate surface area is 156 Å². The van der Waals surface area contributed by atoms with Crippen molar-refractivity contribution in [3.05, 3.63) is 46.8 Å². The molecule has 1 unspecified atom stereocenters. The minimum atomic E-state index is -0.984. The Balaban J connectivity index is 1.82. The molecule has 0 aliphatic carbocycles. The van der Waals surface area contributed by atoms with Crippen LogP contribution in [0.3, 0.4) is 0 Å². The van der Waals surface area contributed by atoms with Gasteiger partial charge in [0.25, 0.3) is 11.8 Å². The molecule has 1 atom stereocenters. The number of hydrogen-bond acceptors (Lipinski definition) is 6. The van der Waals surface area contributed by atoms with Crippen LogP contribution in [0, 0.1) is 13.8 Å². The fourth-order valence-electron chi connectivity index (χ4n) is 2.96. The van der Waals surface area contributed by atoms with Crippen LogP contribution in [0.2, 0.25) is 0 Å². The standard InChI is InChI=1S/C19H20N4O4/c1-5-27-19-20-10(2)15(11(3)21-19)22-16(24)12(4)23-17(25)13-8-6-7-9-14(13)18(23)26/h6-9,12H,5H2,1-4H3,(H,22,24). The van der Waals surface area contributed by atoms with Gasteiger partial charge in [0.15, 0.2) is 0 Å². The molecule has 0 fully saturated rings. The Morgan fingerprint density at radius 3 is 2.11 bits per heavy atom. The summed E-state index contributed by atoms with van der Waals surface area (Å²) in [6.45, 7) is 7.21. The van der Waals surface area contributed by atoms with E-state index in [-0.39, 0.29) is 6.01 Å². The Kier molecular flexibility index (Phi) is 4.89. The minimum absolute atomic E-state index is 0.235. The van der Waals surface area contributed by atoms with Gasteiger partial charge in [0, 0.05) is 0 Å². The number of nitrogens with one attached hydrogen (secondary N) is 1. The third-order valence-electron chi connectivity index (χ3n) is 4.36. The average Bonchev–Trinajstić information content (AvgIpc) is 2.89. The van der Waals surface area contributed by atoms with Gasteiger partial charge in [0.05, 0.1) is 34.8 Å². The number of aromatic nitrogens is 2. The second-order valence-corrected chi connectivity index (χ2v) is 6.18. The number of aryl methyl sites for hydroxylation is 2. The lowest BCUT2D eigenvalue weighted by Crippen LogP contribution is -2.45. The second kappa shape index (κ2) is 7.14. The van der Waals surface area contributed by atoms with Crippen molar-refractivity contribution in [2.24, 2.45) is 0 Å². The summed E-state index contributed by atoms with van der Waals surface area (Å²) in [6, 6.07) is 5.77. The van der Waals surface area contributed by atoms with Crippen molar-refractivity contribution < 1.29 is 19.1 Å². The molecule has 0 spiro atoms. The predicted octanol–water partition coefficient (Wildman–Crippen LogP) is 2.12. The highest BCUT2D eigenvalue weighted by Gasteiger charge is 2.40. The summed E-state index contributed by atoms with van der Waals surface area (Å²) in [7, 11) is 0. The van der Waals surface area contributed by atoms with Crippen molar-refractivity contribution in [3.8, 4) is 6.01 Å². The number of rotatable bonds is 5. The molecule has 27 heavy (non-hydrogen) atoms. The van der Waals surface area contributed by atoms with Crippen molar-refractivity contribution in [2.75, 3.05) is 11.9 Å². The van der Waals surface area contributed by atoms with E-state index in [9.17, 15) is 14.4 Å². The van der Waals surface area contributed by atoms with Gasteiger partial charge in [-0.3, -0.25) is 19.3 Å². The van der Waals surface area contributed by atoms with Crippen molar-refractivity contribution in [3.63, 3.8) is 0 Å². The van der Waals surface area contributed by atoms with Crippen LogP contribution >= 0.6 is 0 Å². The Morgan fingerprint density at radius 1 is 1.11 bits per heavy atom. The quantitative estimate of drug-likeness (QED) is 0.811. The van der Waals surface area contributed by atoms with Crippen molar-refractivity contribution in [2.45, 2.75) is 33.7 Å². The van der Waals surface area contributed by atoms with Crippen LogP contribution in [-0.2, 0) is 4.79 Å². The molecule has 1 aliphatic heterocycles. The number of anilines is 1. The third kappa shape index (κ3) is 3.25. The normalized spacial score (nSPS) is 14.1. The maximum atomic E-state index is 12.7. The zero-order valence-corrected chi connectivity index (χ0v) is 15.6. The van der Waals surface area contributed by atoms with E-state index in [1.54, 1.807) is 38.1 Å². The number of carbonyl (C=O) groups excluding carboxylic acids is 3. The van der Waals surface area contributed by atoms with E-state index in [1.165, 1.54) is 6.92 Å². The van der Waals surface area contributed by atoms with Crippen LogP contribution in [-0.4, -0.2) is 45.2 Å². The van der Waals surface area contributed by atoms with Crippen LogP contribution in [0.1, 0.15) is 46.0 Å². The molecule has 0 bridgehead atoms. The lowest BCUT2D eigenvalue weighted by molar-refractivity contribution is -0.119. The lowest BCUT2D eigenvalue weighted by Gasteiger charge is -2.22. The van der Waals surface area contributed by atoms with E-state index in [1.807, 2.05) is 6.92 Å². The van der Waals surface area contributed by atoms with E-state index in [2.05, 4.69) is 15.3 Å². The van der Waals surface area contributed by atoms with Crippen LogP contribution in [0.5, 0.6) is 6.01 Å². The summed E-state index contributed by atoms with van der Waals surface area (Å²) in [5.41, 5.74) is 2.12. The molecule has 0 saturated heterocycles. The molecule has 0 radical (unpaired) electrons. The molecular weight excluding hydrogens is 348 g/mol. The molecular formula is C19H20N4O4. The second-order valence-electron chi connectivity index (χ2n) is 6.18. The number of nitrogens with zero attached hydrogens (tertiary/aromatic N) is 3. The van der Waals surface area contributed by atoms with Gasteiger partial charge in [0.2, 0.25) is 5.91 Å². The summed E-state index contributed by atoms with van der Waals surface area (Å²) in [5, 5.41) is 2.73. The molecule has 8 heteroatoms. The molecule has 1 aliphatic rings. The van der Waals surface area contributed by atoms with Crippen LogP contribution in [0.4, 0.5) is 5.69 Å². The van der Waals surface area contributed by atoms with Gasteiger partial charge in [0.1, 0.15) is 6.04 Å². The van der Waals surface area contributed by atoms with Gasteiger partial charge in [-0.05, 0) is 39.8 Å². The monoisotopic (exact) mass is 368 g/mol. The summed E-state index contributed by atoms with van der Waals surface area (Å²) >= 11 is 0. The molecule has 1 aromatic heterocycles. The number of carbonyl (C=O) groups is 3. The molecule has 1 aromatic carbocycles. The number of benzene rings is 1. The molecule has 2 aromatic rings. The largest absolute Gasteiger partial charge is 0.464 e. The molecule has 8 nitrogen and oxygen atoms in total. The topological polar surface area (TPSA) is 101 Å². The predicted molar refractivity (Wildman–Crippen MR) is 97.7 cm³/mol. The summed E-state index contributed by atoms with van der Waals surface area (Å²) < 4.78 is 5.29. The molecule has 0 saturated carbocycles. The number of imide groups is 1. The fraction of sp³-hybridized carbons (Fsp3) is 0.316. The Bertz CT molecular complexity index is 883. The zero-order valence-electron chi connectivity index (χ0n) is 15.6. The smallest absolute Gasteiger partial charge is 0.316 e. The van der Waals surface area contributed by atoms with Gasteiger partial charge in [-0.1, -0.05) is 12.1 Å². The molecule has 3 rings (SSSR count). The number of hydrogen-bond donors (Lipinski definition) is 1. The van der Waals surface area contributed by atoms with E-state index < -0.39 is 23.8 Å². The van der Waals surface area contributed by atoms with E-state index in [4.69, 9.17) is 4.74 Å². The van der Waals surface area contributed by atoms with Crippen LogP contribution in [0.15, 0.2) is 24.3 Å². The summed E-state index contributed by atoms with van der Waals surface area (Å²) in [6.07, 6.45) is 0. The highest BCUT2D eigenvalue weighted by atomic mass is 16.5. The van der Waals surface area contributed by atoms with Crippen LogP contribution in [0.25, 0.3) is 0 Å². The third-order valence-corrected chi connectivity index (χ3v) is 4.36. The van der Waals surface area contributed by atoms with Crippen molar-refractivity contribution in [1.82, 2.24) is 14.9 Å². The summed E-state index contributed by atoms with van der Waals surface area (Å²) in [4.78, 5) is 47.2. The number of amides is 3. The molecule has 2 heterocycles. The first-order chi connectivity index (χ1) is 12.8. The summed E-state index contributed by atoms with van der Waals surface area (Å²) in [5.74, 6) is -1.45. The number of ether oxygens (including phenoxy) is 1. The van der Waals surface area contributed by atoms with Gasteiger partial charge < -0.3 is 10.1 Å².